The van der Waals surface area contributed by atoms with Gasteiger partial charge >= 0.3 is 0 Å². The van der Waals surface area contributed by atoms with Gasteiger partial charge in [-0.3, -0.25) is 9.78 Å². The molecule has 1 heterocycles. The summed E-state index contributed by atoms with van der Waals surface area (Å²) in [5.74, 6) is -0.360. The van der Waals surface area contributed by atoms with Crippen LogP contribution in [0.2, 0.25) is 0 Å². The fourth-order valence-electron chi connectivity index (χ4n) is 1.12. The van der Waals surface area contributed by atoms with E-state index >= 15 is 0 Å². The second-order valence-electron chi connectivity index (χ2n) is 3.58. The first-order valence-corrected chi connectivity index (χ1v) is 4.96. The topological polar surface area (TPSA) is 65.8 Å². The van der Waals surface area contributed by atoms with Crippen LogP contribution in [0.15, 0.2) is 30.1 Å². The van der Waals surface area contributed by atoms with E-state index in [-0.39, 0.29) is 17.5 Å². The molecule has 1 N–H and O–H groups in total. The second-order valence-corrected chi connectivity index (χ2v) is 3.58. The average Bonchev–Trinajstić information content (AvgIpc) is 2.26. The van der Waals surface area contributed by atoms with Crippen LogP contribution in [0.5, 0.6) is 0 Å². The third-order valence-corrected chi connectivity index (χ3v) is 1.78. The largest absolute Gasteiger partial charge is 0.349 e. The van der Waals surface area contributed by atoms with Crippen molar-refractivity contribution < 1.29 is 4.79 Å². The van der Waals surface area contributed by atoms with E-state index < -0.39 is 0 Å². The minimum absolute atomic E-state index is 0.0122. The highest BCUT2D eigenvalue weighted by Gasteiger charge is 2.09. The number of pyridine rings is 1. The van der Waals surface area contributed by atoms with Crippen molar-refractivity contribution in [2.24, 2.45) is 0 Å². The third kappa shape index (κ3) is 3.54. The molecule has 0 spiro atoms. The number of aromatic nitrogens is 1. The van der Waals surface area contributed by atoms with Crippen LogP contribution in [-0.4, -0.2) is 16.9 Å². The summed E-state index contributed by atoms with van der Waals surface area (Å²) in [7, 11) is 0. The molecular formula is C12H13N3O. The van der Waals surface area contributed by atoms with E-state index in [1.807, 2.05) is 19.9 Å². The van der Waals surface area contributed by atoms with Crippen molar-refractivity contribution in [3.63, 3.8) is 0 Å². The van der Waals surface area contributed by atoms with Crippen molar-refractivity contribution in [2.75, 3.05) is 0 Å². The van der Waals surface area contributed by atoms with Crippen LogP contribution in [0.1, 0.15) is 19.4 Å². The number of hydrogen-bond acceptors (Lipinski definition) is 3. The van der Waals surface area contributed by atoms with Crippen LogP contribution in [-0.2, 0) is 4.79 Å². The van der Waals surface area contributed by atoms with Gasteiger partial charge in [0.15, 0.2) is 0 Å². The van der Waals surface area contributed by atoms with Gasteiger partial charge in [-0.15, -0.1) is 0 Å². The highest BCUT2D eigenvalue weighted by atomic mass is 16.1. The maximum absolute atomic E-state index is 11.6. The van der Waals surface area contributed by atoms with Gasteiger partial charge in [-0.2, -0.15) is 5.26 Å². The zero-order valence-electron chi connectivity index (χ0n) is 9.27. The number of hydrogen-bond donors (Lipinski definition) is 1. The molecule has 0 bridgehead atoms. The Morgan fingerprint density at radius 2 is 2.38 bits per heavy atom. The van der Waals surface area contributed by atoms with Gasteiger partial charge < -0.3 is 5.32 Å². The van der Waals surface area contributed by atoms with E-state index in [1.165, 1.54) is 6.08 Å². The molecule has 0 saturated carbocycles. The molecule has 0 aliphatic carbocycles. The Morgan fingerprint density at radius 1 is 1.62 bits per heavy atom. The molecule has 0 unspecified atom stereocenters. The Balaban J connectivity index is 2.88. The van der Waals surface area contributed by atoms with Crippen molar-refractivity contribution in [3.8, 4) is 6.07 Å². The lowest BCUT2D eigenvalue weighted by Gasteiger charge is -2.06. The summed E-state index contributed by atoms with van der Waals surface area (Å²) in [5.41, 5.74) is 0.819. The third-order valence-electron chi connectivity index (χ3n) is 1.78. The standard InChI is InChI=1S/C12H13N3O/c1-9(2)15-12(16)11(7-13)6-10-4-3-5-14-8-10/h3-6,8-9H,1-2H3,(H,15,16). The van der Waals surface area contributed by atoms with Crippen molar-refractivity contribution in [1.29, 1.82) is 5.26 Å². The predicted octanol–water partition coefficient (Wildman–Crippen LogP) is 1.51. The summed E-state index contributed by atoms with van der Waals surface area (Å²) in [5, 5.41) is 11.5. The maximum atomic E-state index is 11.6. The van der Waals surface area contributed by atoms with Gasteiger partial charge in [0.1, 0.15) is 11.6 Å². The smallest absolute Gasteiger partial charge is 0.262 e. The Hall–Kier alpha value is -2.15. The fourth-order valence-corrected chi connectivity index (χ4v) is 1.12. The van der Waals surface area contributed by atoms with E-state index in [1.54, 1.807) is 24.5 Å². The number of nitrogens with zero attached hydrogens (tertiary/aromatic N) is 2. The summed E-state index contributed by atoms with van der Waals surface area (Å²) in [4.78, 5) is 15.5. The van der Waals surface area contributed by atoms with Gasteiger partial charge in [0.2, 0.25) is 0 Å². The van der Waals surface area contributed by atoms with Gasteiger partial charge in [-0.05, 0) is 31.6 Å². The first-order chi connectivity index (χ1) is 7.63. The van der Waals surface area contributed by atoms with E-state index in [0.29, 0.717) is 0 Å². The van der Waals surface area contributed by atoms with Crippen molar-refractivity contribution in [3.05, 3.63) is 35.7 Å². The highest BCUT2D eigenvalue weighted by molar-refractivity contribution is 6.01. The molecule has 0 aliphatic heterocycles. The zero-order valence-corrected chi connectivity index (χ0v) is 9.27. The predicted molar refractivity (Wildman–Crippen MR) is 61.1 cm³/mol. The monoisotopic (exact) mass is 215 g/mol. The van der Waals surface area contributed by atoms with Crippen LogP contribution in [0.4, 0.5) is 0 Å². The second kappa shape index (κ2) is 5.66. The SMILES string of the molecule is CC(C)NC(=O)C(C#N)=Cc1cccnc1. The molecule has 4 nitrogen and oxygen atoms in total. The quantitative estimate of drug-likeness (QED) is 0.614. The van der Waals surface area contributed by atoms with Gasteiger partial charge in [0.05, 0.1) is 0 Å². The molecule has 1 amide bonds. The summed E-state index contributed by atoms with van der Waals surface area (Å²) < 4.78 is 0. The first-order valence-electron chi connectivity index (χ1n) is 4.96. The van der Waals surface area contributed by atoms with Gasteiger partial charge in [-0.25, -0.2) is 0 Å². The summed E-state index contributed by atoms with van der Waals surface area (Å²) in [6.07, 6.45) is 4.75. The fraction of sp³-hybridized carbons (Fsp3) is 0.250. The average molecular weight is 215 g/mol. The molecule has 0 saturated heterocycles. The van der Waals surface area contributed by atoms with Crippen LogP contribution in [0.25, 0.3) is 6.08 Å². The lowest BCUT2D eigenvalue weighted by atomic mass is 10.1. The van der Waals surface area contributed by atoms with E-state index in [4.69, 9.17) is 5.26 Å². The van der Waals surface area contributed by atoms with E-state index in [2.05, 4.69) is 10.3 Å². The van der Waals surface area contributed by atoms with Gasteiger partial charge in [0, 0.05) is 18.4 Å². The molecule has 0 atom stereocenters. The Kier molecular flexibility index (Phi) is 4.22. The van der Waals surface area contributed by atoms with Crippen molar-refractivity contribution in [1.82, 2.24) is 10.3 Å². The molecular weight excluding hydrogens is 202 g/mol. The van der Waals surface area contributed by atoms with Crippen molar-refractivity contribution >= 4 is 12.0 Å². The van der Waals surface area contributed by atoms with Gasteiger partial charge in [0.25, 0.3) is 5.91 Å². The van der Waals surface area contributed by atoms with Gasteiger partial charge in [-0.1, -0.05) is 6.07 Å². The first kappa shape index (κ1) is 11.9. The van der Waals surface area contributed by atoms with Crippen LogP contribution in [0.3, 0.4) is 0 Å². The molecule has 0 radical (unpaired) electrons. The number of rotatable bonds is 3. The van der Waals surface area contributed by atoms with E-state index in [9.17, 15) is 4.79 Å². The molecule has 1 aromatic rings. The minimum Gasteiger partial charge on any atom is -0.349 e. The normalized spacial score (nSPS) is 11.0. The number of nitriles is 1. The number of carbonyl (C=O) groups excluding carboxylic acids is 1. The number of amides is 1. The lowest BCUT2D eigenvalue weighted by molar-refractivity contribution is -0.117. The lowest BCUT2D eigenvalue weighted by Crippen LogP contribution is -2.30. The minimum atomic E-state index is -0.360. The molecule has 0 aliphatic rings. The number of nitrogens with one attached hydrogen (secondary N) is 1. The molecule has 0 aromatic carbocycles. The highest BCUT2D eigenvalue weighted by Crippen LogP contribution is 2.04. The number of carbonyl (C=O) groups is 1. The Bertz CT molecular complexity index is 429. The summed E-state index contributed by atoms with van der Waals surface area (Å²) in [6, 6.07) is 5.43. The summed E-state index contributed by atoms with van der Waals surface area (Å²) in [6.45, 7) is 3.69. The zero-order chi connectivity index (χ0) is 12.0. The molecule has 82 valence electrons. The Labute approximate surface area is 94.6 Å². The summed E-state index contributed by atoms with van der Waals surface area (Å²) >= 11 is 0. The molecule has 4 heteroatoms. The molecule has 1 aromatic heterocycles. The molecule has 1 rings (SSSR count). The Morgan fingerprint density at radius 3 is 2.88 bits per heavy atom. The molecule has 16 heavy (non-hydrogen) atoms. The van der Waals surface area contributed by atoms with Crippen molar-refractivity contribution in [2.45, 2.75) is 19.9 Å². The van der Waals surface area contributed by atoms with Crippen LogP contribution in [0, 0.1) is 11.3 Å². The van der Waals surface area contributed by atoms with Crippen LogP contribution < -0.4 is 5.32 Å². The van der Waals surface area contributed by atoms with E-state index in [0.717, 1.165) is 5.56 Å². The molecule has 0 fully saturated rings. The maximum Gasteiger partial charge on any atom is 0.262 e. The van der Waals surface area contributed by atoms with Crippen LogP contribution >= 0.6 is 0 Å².